The van der Waals surface area contributed by atoms with E-state index < -0.39 is 13.9 Å². The second-order valence-electron chi connectivity index (χ2n) is 8.36. The van der Waals surface area contributed by atoms with Crippen LogP contribution < -0.4 is 4.89 Å². The first kappa shape index (κ1) is 25.3. The van der Waals surface area contributed by atoms with Gasteiger partial charge in [0, 0.05) is 24.4 Å². The summed E-state index contributed by atoms with van der Waals surface area (Å²) in [5, 5.41) is 1.05. The second-order valence-corrected chi connectivity index (χ2v) is 9.72. The van der Waals surface area contributed by atoms with Crippen molar-refractivity contribution < 1.29 is 23.3 Å². The molecule has 0 bridgehead atoms. The van der Waals surface area contributed by atoms with Crippen LogP contribution in [0.5, 0.6) is 0 Å². The molecule has 1 atom stereocenters. The van der Waals surface area contributed by atoms with Gasteiger partial charge in [0.15, 0.2) is 0 Å². The predicted octanol–water partition coefficient (Wildman–Crippen LogP) is 5.87. The third-order valence-corrected chi connectivity index (χ3v) is 6.42. The first-order valence-corrected chi connectivity index (χ1v) is 12.9. The van der Waals surface area contributed by atoms with E-state index in [1.54, 1.807) is 13.8 Å². The van der Waals surface area contributed by atoms with Gasteiger partial charge in [0.1, 0.15) is 5.78 Å². The van der Waals surface area contributed by atoms with Crippen LogP contribution in [-0.4, -0.2) is 23.5 Å². The van der Waals surface area contributed by atoms with Crippen LogP contribution >= 0.6 is 7.82 Å². The van der Waals surface area contributed by atoms with E-state index in [0.717, 1.165) is 46.9 Å². The molecule has 0 amide bonds. The molecule has 0 spiro atoms. The van der Waals surface area contributed by atoms with Crippen molar-refractivity contribution in [3.63, 3.8) is 0 Å². The lowest BCUT2D eigenvalue weighted by atomic mass is 9.93. The maximum absolute atomic E-state index is 12.7. The van der Waals surface area contributed by atoms with Gasteiger partial charge in [-0.3, -0.25) is 14.3 Å². The summed E-state index contributed by atoms with van der Waals surface area (Å²) >= 11 is 0. The predicted molar refractivity (Wildman–Crippen MR) is 129 cm³/mol. The summed E-state index contributed by atoms with van der Waals surface area (Å²) in [6, 6.07) is 18.1. The molecular weight excluding hydrogens is 437 g/mol. The number of para-hydroxylation sites is 1. The van der Waals surface area contributed by atoms with Crippen LogP contribution in [0.3, 0.4) is 0 Å². The fraction of sp³-hybridized carbons (Fsp3) is 0.385. The number of unbranched alkanes of at least 4 members (excludes halogenated alkanes) is 3. The van der Waals surface area contributed by atoms with Crippen molar-refractivity contribution in [2.75, 3.05) is 6.61 Å². The molecule has 176 valence electrons. The summed E-state index contributed by atoms with van der Waals surface area (Å²) in [7, 11) is -4.22. The Kier molecular flexibility index (Phi) is 9.33. The molecule has 0 aliphatic carbocycles. The summed E-state index contributed by atoms with van der Waals surface area (Å²) < 4.78 is 21.1. The van der Waals surface area contributed by atoms with Crippen LogP contribution in [0.2, 0.25) is 0 Å². The van der Waals surface area contributed by atoms with Gasteiger partial charge in [0.25, 0.3) is 7.82 Å². The molecule has 0 aliphatic heterocycles. The van der Waals surface area contributed by atoms with Crippen molar-refractivity contribution in [2.24, 2.45) is 0 Å². The first-order chi connectivity index (χ1) is 15.9. The Balaban J connectivity index is 1.51. The van der Waals surface area contributed by atoms with Crippen molar-refractivity contribution in [3.8, 4) is 11.1 Å². The highest BCUT2D eigenvalue weighted by Crippen LogP contribution is 2.39. The van der Waals surface area contributed by atoms with Crippen LogP contribution in [-0.2, 0) is 24.8 Å². The Morgan fingerprint density at radius 1 is 1.00 bits per heavy atom. The van der Waals surface area contributed by atoms with Crippen LogP contribution in [0.25, 0.3) is 22.0 Å². The summed E-state index contributed by atoms with van der Waals surface area (Å²) in [5.41, 5.74) is 4.00. The largest absolute Gasteiger partial charge is 0.756 e. The molecule has 0 fully saturated rings. The van der Waals surface area contributed by atoms with Crippen LogP contribution in [0.4, 0.5) is 0 Å². The lowest BCUT2D eigenvalue weighted by Gasteiger charge is -2.24. The van der Waals surface area contributed by atoms with Crippen LogP contribution in [0.1, 0.15) is 51.5 Å². The van der Waals surface area contributed by atoms with Gasteiger partial charge in [-0.25, -0.2) is 0 Å². The van der Waals surface area contributed by atoms with E-state index in [9.17, 15) is 14.3 Å². The molecule has 0 radical (unpaired) electrons. The molecule has 2 aromatic carbocycles. The number of ketones is 1. The maximum Gasteiger partial charge on any atom is 0.268 e. The number of aromatic nitrogens is 1. The molecule has 1 unspecified atom stereocenters. The zero-order chi connectivity index (χ0) is 23.7. The van der Waals surface area contributed by atoms with Gasteiger partial charge in [-0.1, -0.05) is 61.4 Å². The van der Waals surface area contributed by atoms with Gasteiger partial charge in [-0.15, -0.1) is 0 Å². The fourth-order valence-electron chi connectivity index (χ4n) is 3.81. The average Bonchev–Trinajstić information content (AvgIpc) is 2.78. The van der Waals surface area contributed by atoms with E-state index in [0.29, 0.717) is 19.3 Å². The first-order valence-electron chi connectivity index (χ1n) is 11.4. The molecule has 1 aromatic heterocycles. The topological polar surface area (TPSA) is 88.5 Å². The minimum absolute atomic E-state index is 0.102. The number of carbonyl (C=O) groups is 1. The SMILES string of the molecule is CC(C)OP(=O)([O-])OCCCCCCC(=O)Cc1cnc2ccccc2c1-c1ccccc1. The monoisotopic (exact) mass is 468 g/mol. The Labute approximate surface area is 195 Å². The number of hydrogen-bond donors (Lipinski definition) is 0. The highest BCUT2D eigenvalue weighted by atomic mass is 31.2. The van der Waals surface area contributed by atoms with Crippen molar-refractivity contribution >= 4 is 24.5 Å². The molecule has 1 heterocycles. The van der Waals surface area contributed by atoms with Gasteiger partial charge in [0.05, 0.1) is 18.2 Å². The molecule has 0 saturated carbocycles. The van der Waals surface area contributed by atoms with Gasteiger partial charge < -0.3 is 13.9 Å². The van der Waals surface area contributed by atoms with Crippen LogP contribution in [0, 0.1) is 0 Å². The Hall–Kier alpha value is -2.37. The summed E-state index contributed by atoms with van der Waals surface area (Å²) in [5.74, 6) is 0.176. The summed E-state index contributed by atoms with van der Waals surface area (Å²) in [6.07, 6.45) is 5.22. The van der Waals surface area contributed by atoms with Crippen molar-refractivity contribution in [3.05, 3.63) is 66.4 Å². The normalized spacial score (nSPS) is 13.3. The average molecular weight is 469 g/mol. The molecule has 33 heavy (non-hydrogen) atoms. The quantitative estimate of drug-likeness (QED) is 0.230. The number of phosphoric acid groups is 1. The van der Waals surface area contributed by atoms with Crippen LogP contribution in [0.15, 0.2) is 60.8 Å². The van der Waals surface area contributed by atoms with E-state index in [1.807, 2.05) is 48.7 Å². The Bertz CT molecular complexity index is 1100. The third-order valence-electron chi connectivity index (χ3n) is 5.24. The van der Waals surface area contributed by atoms with Gasteiger partial charge in [-0.05, 0) is 49.4 Å². The molecule has 0 N–H and O–H groups in total. The third kappa shape index (κ3) is 7.86. The molecular formula is C26H31NO5P-. The number of phosphoric ester groups is 1. The molecule has 7 heteroatoms. The smallest absolute Gasteiger partial charge is 0.268 e. The minimum Gasteiger partial charge on any atom is -0.756 e. The van der Waals surface area contributed by atoms with E-state index in [-0.39, 0.29) is 12.4 Å². The van der Waals surface area contributed by atoms with Gasteiger partial charge in [0.2, 0.25) is 0 Å². The van der Waals surface area contributed by atoms with Crippen molar-refractivity contribution in [2.45, 2.75) is 58.5 Å². The zero-order valence-electron chi connectivity index (χ0n) is 19.2. The molecule has 0 saturated heterocycles. The number of hydrogen-bond acceptors (Lipinski definition) is 6. The number of fused-ring (bicyclic) bond motifs is 1. The molecule has 3 aromatic rings. The zero-order valence-corrected chi connectivity index (χ0v) is 20.1. The van der Waals surface area contributed by atoms with E-state index in [1.165, 1.54) is 0 Å². The van der Waals surface area contributed by atoms with Crippen molar-refractivity contribution in [1.82, 2.24) is 4.98 Å². The highest BCUT2D eigenvalue weighted by Gasteiger charge is 2.14. The van der Waals surface area contributed by atoms with E-state index >= 15 is 0 Å². The highest BCUT2D eigenvalue weighted by molar-refractivity contribution is 7.45. The molecule has 0 aliphatic rings. The van der Waals surface area contributed by atoms with Gasteiger partial charge in [-0.2, -0.15) is 0 Å². The fourth-order valence-corrected chi connectivity index (χ4v) is 4.74. The summed E-state index contributed by atoms with van der Waals surface area (Å²) in [4.78, 5) is 28.8. The number of benzene rings is 2. The second kappa shape index (κ2) is 12.2. The lowest BCUT2D eigenvalue weighted by Crippen LogP contribution is -2.13. The Morgan fingerprint density at radius 2 is 1.70 bits per heavy atom. The van der Waals surface area contributed by atoms with E-state index in [4.69, 9.17) is 9.05 Å². The number of pyridine rings is 1. The maximum atomic E-state index is 12.7. The lowest BCUT2D eigenvalue weighted by molar-refractivity contribution is -0.228. The summed E-state index contributed by atoms with van der Waals surface area (Å²) in [6.45, 7) is 3.38. The van der Waals surface area contributed by atoms with Crippen molar-refractivity contribution in [1.29, 1.82) is 0 Å². The van der Waals surface area contributed by atoms with Gasteiger partial charge >= 0.3 is 0 Å². The number of nitrogens with zero attached hydrogens (tertiary/aromatic N) is 1. The van der Waals surface area contributed by atoms with E-state index in [2.05, 4.69) is 17.1 Å². The molecule has 3 rings (SSSR count). The molecule has 6 nitrogen and oxygen atoms in total. The number of rotatable bonds is 13. The Morgan fingerprint density at radius 3 is 2.45 bits per heavy atom. The number of carbonyl (C=O) groups excluding carboxylic acids is 1. The number of Topliss-reactive ketones (excluding diaryl/α,β-unsaturated/α-hetero) is 1. The minimum atomic E-state index is -4.22. The standard InChI is InChI=1S/C26H32NO5P/c1-20(2)32-33(29,30)31-17-11-4-3-8-14-23(28)18-22-19-27-25-16-10-9-15-24(25)26(22)21-12-6-5-7-13-21/h5-7,9-10,12-13,15-16,19-20H,3-4,8,11,14,17-18H2,1-2H3,(H,29,30)/p-1.